The largest absolute Gasteiger partial charge is 0.466 e. The van der Waals surface area contributed by atoms with Crippen molar-refractivity contribution in [2.24, 2.45) is 0 Å². The molecule has 148 valence electrons. The second-order valence-corrected chi connectivity index (χ2v) is 6.49. The van der Waals surface area contributed by atoms with Crippen LogP contribution >= 0.6 is 12.2 Å². The van der Waals surface area contributed by atoms with Crippen molar-refractivity contribution in [2.75, 3.05) is 6.61 Å². The highest BCUT2D eigenvalue weighted by Crippen LogP contribution is 2.18. The Morgan fingerprint density at radius 1 is 0.964 bits per heavy atom. The molecule has 2 amide bonds. The molecule has 2 aromatic rings. The van der Waals surface area contributed by atoms with Crippen molar-refractivity contribution in [3.05, 3.63) is 48.0 Å². The van der Waals surface area contributed by atoms with E-state index in [9.17, 15) is 14.4 Å². The number of fused-ring (bicyclic) bond motifs is 1. The minimum absolute atomic E-state index is 0.0259. The molecule has 0 spiro atoms. The Balaban J connectivity index is 1.74. The smallest absolute Gasteiger partial charge is 0.306 e. The number of nitrogens with one attached hydrogen (secondary N) is 3. The number of carbonyl (C=O) groups excluding carboxylic acids is 3. The summed E-state index contributed by atoms with van der Waals surface area (Å²) in [5.41, 5.74) is 5.83. The maximum absolute atomic E-state index is 12.2. The van der Waals surface area contributed by atoms with Crippen molar-refractivity contribution in [1.82, 2.24) is 16.2 Å². The second-order valence-electron chi connectivity index (χ2n) is 6.09. The van der Waals surface area contributed by atoms with Crippen molar-refractivity contribution in [1.29, 1.82) is 0 Å². The third kappa shape index (κ3) is 6.96. The highest BCUT2D eigenvalue weighted by molar-refractivity contribution is 7.80. The minimum Gasteiger partial charge on any atom is -0.466 e. The Morgan fingerprint density at radius 2 is 1.71 bits per heavy atom. The van der Waals surface area contributed by atoms with Crippen LogP contribution in [0.2, 0.25) is 0 Å². The Kier molecular flexibility index (Phi) is 8.36. The van der Waals surface area contributed by atoms with Crippen LogP contribution in [0.1, 0.15) is 31.7 Å². The summed E-state index contributed by atoms with van der Waals surface area (Å²) < 4.78 is 4.89. The molecule has 0 aliphatic carbocycles. The summed E-state index contributed by atoms with van der Waals surface area (Å²) in [6.45, 7) is 2.22. The number of hydrazine groups is 1. The molecule has 0 saturated carbocycles. The maximum atomic E-state index is 12.2. The van der Waals surface area contributed by atoms with Gasteiger partial charge in [0.2, 0.25) is 11.8 Å². The Bertz CT molecular complexity index is 864. The predicted octanol–water partition coefficient (Wildman–Crippen LogP) is 2.14. The van der Waals surface area contributed by atoms with Crippen molar-refractivity contribution in [2.45, 2.75) is 32.6 Å². The SMILES string of the molecule is CCCOC(=O)CCC(=O)NC(=S)NNC(=O)Cc1cccc2ccccc12. The fourth-order valence-electron chi connectivity index (χ4n) is 2.51. The number of thiocarbonyl (C=S) groups is 1. The fraction of sp³-hybridized carbons (Fsp3) is 0.300. The van der Waals surface area contributed by atoms with Gasteiger partial charge in [0.1, 0.15) is 0 Å². The third-order valence-corrected chi connectivity index (χ3v) is 4.03. The Hall–Kier alpha value is -3.00. The predicted molar refractivity (Wildman–Crippen MR) is 110 cm³/mol. The molecule has 0 radical (unpaired) electrons. The zero-order chi connectivity index (χ0) is 20.4. The van der Waals surface area contributed by atoms with Crippen molar-refractivity contribution >= 4 is 45.9 Å². The monoisotopic (exact) mass is 401 g/mol. The van der Waals surface area contributed by atoms with Crippen LogP contribution in [-0.2, 0) is 25.5 Å². The molecule has 0 aliphatic heterocycles. The average molecular weight is 401 g/mol. The molecule has 2 rings (SSSR count). The van der Waals surface area contributed by atoms with Gasteiger partial charge in [-0.1, -0.05) is 49.4 Å². The summed E-state index contributed by atoms with van der Waals surface area (Å²) in [4.78, 5) is 35.3. The first-order valence-corrected chi connectivity index (χ1v) is 9.41. The molecule has 0 bridgehead atoms. The number of esters is 1. The topological polar surface area (TPSA) is 96.5 Å². The van der Waals surface area contributed by atoms with Gasteiger partial charge in [-0.3, -0.25) is 25.2 Å². The van der Waals surface area contributed by atoms with Gasteiger partial charge in [0.15, 0.2) is 5.11 Å². The highest BCUT2D eigenvalue weighted by atomic mass is 32.1. The first-order valence-electron chi connectivity index (χ1n) is 9.00. The summed E-state index contributed by atoms with van der Waals surface area (Å²) in [5.74, 6) is -1.16. The van der Waals surface area contributed by atoms with Crippen molar-refractivity contribution < 1.29 is 19.1 Å². The normalized spacial score (nSPS) is 10.2. The van der Waals surface area contributed by atoms with Crippen LogP contribution < -0.4 is 16.2 Å². The van der Waals surface area contributed by atoms with E-state index in [1.54, 1.807) is 0 Å². The van der Waals surface area contributed by atoms with Crippen LogP contribution in [0.5, 0.6) is 0 Å². The first kappa shape index (κ1) is 21.3. The van der Waals surface area contributed by atoms with Crippen LogP contribution in [0.4, 0.5) is 0 Å². The van der Waals surface area contributed by atoms with Crippen LogP contribution in [0.15, 0.2) is 42.5 Å². The molecule has 0 saturated heterocycles. The number of hydrogen-bond donors (Lipinski definition) is 3. The van der Waals surface area contributed by atoms with Crippen molar-refractivity contribution in [3.63, 3.8) is 0 Å². The van der Waals surface area contributed by atoms with Crippen molar-refractivity contribution in [3.8, 4) is 0 Å². The van der Waals surface area contributed by atoms with Crippen LogP contribution in [-0.4, -0.2) is 29.5 Å². The van der Waals surface area contributed by atoms with E-state index in [0.717, 1.165) is 22.8 Å². The summed E-state index contributed by atoms with van der Waals surface area (Å²) in [6.07, 6.45) is 0.814. The molecule has 2 aromatic carbocycles. The molecule has 0 heterocycles. The molecule has 0 aromatic heterocycles. The van der Waals surface area contributed by atoms with Gasteiger partial charge in [0.05, 0.1) is 19.4 Å². The number of carbonyl (C=O) groups is 3. The lowest BCUT2D eigenvalue weighted by Gasteiger charge is -2.11. The van der Waals surface area contributed by atoms with Crippen LogP contribution in [0.3, 0.4) is 0 Å². The lowest BCUT2D eigenvalue weighted by Crippen LogP contribution is -2.48. The third-order valence-electron chi connectivity index (χ3n) is 3.82. The first-order chi connectivity index (χ1) is 13.5. The van der Waals surface area contributed by atoms with E-state index >= 15 is 0 Å². The fourth-order valence-corrected chi connectivity index (χ4v) is 2.68. The van der Waals surface area contributed by atoms with E-state index in [1.165, 1.54) is 0 Å². The van der Waals surface area contributed by atoms with Crippen LogP contribution in [0, 0.1) is 0 Å². The summed E-state index contributed by atoms with van der Waals surface area (Å²) in [5, 5.41) is 4.42. The van der Waals surface area contributed by atoms with E-state index in [-0.39, 0.29) is 30.3 Å². The molecule has 0 fully saturated rings. The van der Waals surface area contributed by atoms with Gasteiger partial charge in [-0.2, -0.15) is 0 Å². The Labute approximate surface area is 168 Å². The number of amides is 2. The molecule has 0 unspecified atom stereocenters. The average Bonchev–Trinajstić information content (AvgIpc) is 2.69. The number of ether oxygens (including phenoxy) is 1. The van der Waals surface area contributed by atoms with E-state index in [1.807, 2.05) is 49.4 Å². The van der Waals surface area contributed by atoms with E-state index < -0.39 is 11.9 Å². The molecular weight excluding hydrogens is 378 g/mol. The second kappa shape index (κ2) is 11.0. The van der Waals surface area contributed by atoms with Crippen LogP contribution in [0.25, 0.3) is 10.8 Å². The lowest BCUT2D eigenvalue weighted by atomic mass is 10.0. The molecule has 8 heteroatoms. The van der Waals surface area contributed by atoms with E-state index in [0.29, 0.717) is 6.61 Å². The van der Waals surface area contributed by atoms with Gasteiger partial charge >= 0.3 is 5.97 Å². The Morgan fingerprint density at radius 3 is 2.50 bits per heavy atom. The van der Waals surface area contributed by atoms with Gasteiger partial charge in [-0.15, -0.1) is 0 Å². The summed E-state index contributed by atoms with van der Waals surface area (Å²) >= 11 is 4.97. The zero-order valence-electron chi connectivity index (χ0n) is 15.6. The highest BCUT2D eigenvalue weighted by Gasteiger charge is 2.11. The van der Waals surface area contributed by atoms with Gasteiger partial charge in [0, 0.05) is 6.42 Å². The van der Waals surface area contributed by atoms with Gasteiger partial charge in [0.25, 0.3) is 0 Å². The summed E-state index contributed by atoms with van der Waals surface area (Å²) in [7, 11) is 0. The minimum atomic E-state index is -0.436. The summed E-state index contributed by atoms with van der Waals surface area (Å²) in [6, 6.07) is 13.6. The van der Waals surface area contributed by atoms with E-state index in [2.05, 4.69) is 16.2 Å². The lowest BCUT2D eigenvalue weighted by molar-refractivity contribution is -0.144. The number of rotatable bonds is 7. The molecule has 0 atom stereocenters. The molecule has 0 aliphatic rings. The standard InChI is InChI=1S/C20H23N3O4S/c1-2-12-27-19(26)11-10-17(24)21-20(28)23-22-18(25)13-15-8-5-7-14-6-3-4-9-16(14)15/h3-9H,2,10-13H2,1H3,(H,22,25)(H2,21,23,24,28). The molecular formula is C20H23N3O4S. The maximum Gasteiger partial charge on any atom is 0.306 e. The van der Waals surface area contributed by atoms with Gasteiger partial charge in [-0.05, 0) is 35.0 Å². The van der Waals surface area contributed by atoms with Gasteiger partial charge < -0.3 is 10.1 Å². The van der Waals surface area contributed by atoms with E-state index in [4.69, 9.17) is 17.0 Å². The number of benzene rings is 2. The van der Waals surface area contributed by atoms with Gasteiger partial charge in [-0.25, -0.2) is 0 Å². The quantitative estimate of drug-likeness (QED) is 0.374. The number of hydrogen-bond acceptors (Lipinski definition) is 5. The zero-order valence-corrected chi connectivity index (χ0v) is 16.4. The molecule has 28 heavy (non-hydrogen) atoms. The molecule has 3 N–H and O–H groups in total. The molecule has 7 nitrogen and oxygen atoms in total.